The number of carboxylic acid groups (broad SMARTS) is 1. The van der Waals surface area contributed by atoms with Crippen LogP contribution in [-0.2, 0) is 11.3 Å². The van der Waals surface area contributed by atoms with E-state index in [0.717, 1.165) is 22.9 Å². The Labute approximate surface area is 110 Å². The molecule has 0 aliphatic heterocycles. The zero-order valence-electron chi connectivity index (χ0n) is 9.77. The van der Waals surface area contributed by atoms with Crippen molar-refractivity contribution in [3.63, 3.8) is 0 Å². The number of nitrogens with zero attached hydrogens (tertiary/aromatic N) is 1. The lowest BCUT2D eigenvalue weighted by Gasteiger charge is -2.24. The van der Waals surface area contributed by atoms with Crippen LogP contribution in [0.25, 0.3) is 0 Å². The highest BCUT2D eigenvalue weighted by molar-refractivity contribution is 9.10. The number of halogens is 1. The van der Waals surface area contributed by atoms with E-state index in [2.05, 4.69) is 15.9 Å². The van der Waals surface area contributed by atoms with E-state index in [1.165, 1.54) is 0 Å². The lowest BCUT2D eigenvalue weighted by atomic mass is 10.1. The monoisotopic (exact) mass is 297 g/mol. The number of carbonyl (C=O) groups is 1. The van der Waals surface area contributed by atoms with Crippen LogP contribution in [0.5, 0.6) is 0 Å². The van der Waals surface area contributed by atoms with Crippen molar-refractivity contribution in [1.82, 2.24) is 4.90 Å². The molecule has 1 fully saturated rings. The summed E-state index contributed by atoms with van der Waals surface area (Å²) in [6.07, 6.45) is 2.09. The lowest BCUT2D eigenvalue weighted by Crippen LogP contribution is -2.39. The standard InChI is InChI=1S/C13H16BrNO2/c1-15(12(13(16)17)10-4-5-10)8-9-2-6-11(14)7-3-9/h2-3,6-7,10,12H,4-5,8H2,1H3,(H,16,17). The minimum absolute atomic E-state index is 0.335. The van der Waals surface area contributed by atoms with E-state index in [1.807, 2.05) is 36.2 Å². The summed E-state index contributed by atoms with van der Waals surface area (Å²) in [4.78, 5) is 13.2. The Bertz CT molecular complexity index is 400. The summed E-state index contributed by atoms with van der Waals surface area (Å²) in [6, 6.07) is 7.67. The van der Waals surface area contributed by atoms with Crippen LogP contribution in [0.1, 0.15) is 18.4 Å². The Hall–Kier alpha value is -0.870. The molecule has 1 aliphatic carbocycles. The van der Waals surface area contributed by atoms with Crippen molar-refractivity contribution in [2.24, 2.45) is 5.92 Å². The maximum absolute atomic E-state index is 11.2. The third-order valence-electron chi connectivity index (χ3n) is 3.14. The molecule has 1 aromatic rings. The number of hydrogen-bond donors (Lipinski definition) is 1. The topological polar surface area (TPSA) is 40.5 Å². The van der Waals surface area contributed by atoms with Crippen LogP contribution in [0.4, 0.5) is 0 Å². The molecule has 0 saturated heterocycles. The van der Waals surface area contributed by atoms with Crippen LogP contribution < -0.4 is 0 Å². The second kappa shape index (κ2) is 5.19. The predicted molar refractivity (Wildman–Crippen MR) is 69.8 cm³/mol. The minimum atomic E-state index is -0.702. The zero-order valence-corrected chi connectivity index (χ0v) is 11.4. The summed E-state index contributed by atoms with van der Waals surface area (Å²) in [5.74, 6) is -0.361. The van der Waals surface area contributed by atoms with Crippen molar-refractivity contribution in [3.05, 3.63) is 34.3 Å². The first-order valence-electron chi connectivity index (χ1n) is 5.75. The second-order valence-corrected chi connectivity index (χ2v) is 5.58. The minimum Gasteiger partial charge on any atom is -0.480 e. The highest BCUT2D eigenvalue weighted by Crippen LogP contribution is 2.35. The molecule has 1 aromatic carbocycles. The first-order chi connectivity index (χ1) is 8.08. The molecule has 0 amide bonds. The molecule has 0 spiro atoms. The zero-order chi connectivity index (χ0) is 12.4. The Morgan fingerprint density at radius 1 is 1.47 bits per heavy atom. The van der Waals surface area contributed by atoms with Gasteiger partial charge in [-0.2, -0.15) is 0 Å². The molecule has 1 aliphatic rings. The van der Waals surface area contributed by atoms with Crippen molar-refractivity contribution in [1.29, 1.82) is 0 Å². The van der Waals surface area contributed by atoms with E-state index in [9.17, 15) is 9.90 Å². The van der Waals surface area contributed by atoms with Gasteiger partial charge in [-0.3, -0.25) is 9.69 Å². The van der Waals surface area contributed by atoms with Crippen molar-refractivity contribution in [3.8, 4) is 0 Å². The van der Waals surface area contributed by atoms with E-state index in [4.69, 9.17) is 0 Å². The molecule has 17 heavy (non-hydrogen) atoms. The molecule has 1 saturated carbocycles. The quantitative estimate of drug-likeness (QED) is 0.908. The van der Waals surface area contributed by atoms with Gasteiger partial charge in [-0.15, -0.1) is 0 Å². The third kappa shape index (κ3) is 3.30. The molecule has 4 heteroatoms. The molecular weight excluding hydrogens is 282 g/mol. The summed E-state index contributed by atoms with van der Waals surface area (Å²) in [5, 5.41) is 9.23. The number of hydrogen-bond acceptors (Lipinski definition) is 2. The van der Waals surface area contributed by atoms with Gasteiger partial charge >= 0.3 is 5.97 Å². The van der Waals surface area contributed by atoms with Crippen LogP contribution in [0, 0.1) is 5.92 Å². The van der Waals surface area contributed by atoms with Gasteiger partial charge in [0.1, 0.15) is 6.04 Å². The molecular formula is C13H16BrNO2. The molecule has 0 radical (unpaired) electrons. The Balaban J connectivity index is 2.01. The normalized spacial score (nSPS) is 17.1. The Kier molecular flexibility index (Phi) is 3.84. The second-order valence-electron chi connectivity index (χ2n) is 4.66. The highest BCUT2D eigenvalue weighted by Gasteiger charge is 2.38. The molecule has 92 valence electrons. The lowest BCUT2D eigenvalue weighted by molar-refractivity contribution is -0.143. The molecule has 1 atom stereocenters. The number of carboxylic acids is 1. The summed E-state index contributed by atoms with van der Waals surface area (Å²) in [6.45, 7) is 0.681. The van der Waals surface area contributed by atoms with E-state index in [-0.39, 0.29) is 6.04 Å². The molecule has 1 unspecified atom stereocenters. The summed E-state index contributed by atoms with van der Waals surface area (Å²) >= 11 is 3.39. The van der Waals surface area contributed by atoms with Crippen molar-refractivity contribution >= 4 is 21.9 Å². The molecule has 1 N–H and O–H groups in total. The average molecular weight is 298 g/mol. The number of benzene rings is 1. The van der Waals surface area contributed by atoms with Gasteiger partial charge < -0.3 is 5.11 Å². The fourth-order valence-corrected chi connectivity index (χ4v) is 2.40. The molecule has 0 aromatic heterocycles. The van der Waals surface area contributed by atoms with Crippen LogP contribution in [0.2, 0.25) is 0 Å². The number of aliphatic carboxylic acids is 1. The summed E-state index contributed by atoms with van der Waals surface area (Å²) in [7, 11) is 1.89. The van der Waals surface area contributed by atoms with Gasteiger partial charge in [0.25, 0.3) is 0 Å². The first-order valence-corrected chi connectivity index (χ1v) is 6.54. The largest absolute Gasteiger partial charge is 0.480 e. The highest BCUT2D eigenvalue weighted by atomic mass is 79.9. The van der Waals surface area contributed by atoms with Gasteiger partial charge in [0.05, 0.1) is 0 Å². The Morgan fingerprint density at radius 3 is 2.53 bits per heavy atom. The van der Waals surface area contributed by atoms with Crippen LogP contribution in [0.15, 0.2) is 28.7 Å². The maximum atomic E-state index is 11.2. The average Bonchev–Trinajstić information content (AvgIpc) is 3.05. The van der Waals surface area contributed by atoms with Gasteiger partial charge in [0, 0.05) is 11.0 Å². The maximum Gasteiger partial charge on any atom is 0.321 e. The van der Waals surface area contributed by atoms with Gasteiger partial charge in [-0.1, -0.05) is 28.1 Å². The first kappa shape index (κ1) is 12.6. The van der Waals surface area contributed by atoms with Crippen LogP contribution in [0.3, 0.4) is 0 Å². The van der Waals surface area contributed by atoms with Gasteiger partial charge in [-0.25, -0.2) is 0 Å². The number of rotatable bonds is 5. The molecule has 3 nitrogen and oxygen atoms in total. The van der Waals surface area contributed by atoms with Gasteiger partial charge in [0.15, 0.2) is 0 Å². The van der Waals surface area contributed by atoms with Crippen molar-refractivity contribution < 1.29 is 9.90 Å². The van der Waals surface area contributed by atoms with E-state index < -0.39 is 5.97 Å². The third-order valence-corrected chi connectivity index (χ3v) is 3.67. The van der Waals surface area contributed by atoms with Gasteiger partial charge in [0.2, 0.25) is 0 Å². The fraction of sp³-hybridized carbons (Fsp3) is 0.462. The number of likely N-dealkylation sites (N-methyl/N-ethyl adjacent to an activating group) is 1. The van der Waals surface area contributed by atoms with E-state index in [1.54, 1.807) is 0 Å². The van der Waals surface area contributed by atoms with Crippen molar-refractivity contribution in [2.45, 2.75) is 25.4 Å². The molecule has 2 rings (SSSR count). The van der Waals surface area contributed by atoms with E-state index >= 15 is 0 Å². The Morgan fingerprint density at radius 2 is 2.06 bits per heavy atom. The summed E-state index contributed by atoms with van der Waals surface area (Å²) in [5.41, 5.74) is 1.14. The van der Waals surface area contributed by atoms with Crippen molar-refractivity contribution in [2.75, 3.05) is 7.05 Å². The van der Waals surface area contributed by atoms with Crippen LogP contribution >= 0.6 is 15.9 Å². The SMILES string of the molecule is CN(Cc1ccc(Br)cc1)C(C(=O)O)C1CC1. The van der Waals surface area contributed by atoms with E-state index in [0.29, 0.717) is 12.5 Å². The van der Waals surface area contributed by atoms with Crippen LogP contribution in [-0.4, -0.2) is 29.1 Å². The smallest absolute Gasteiger partial charge is 0.321 e. The summed E-state index contributed by atoms with van der Waals surface area (Å²) < 4.78 is 1.04. The molecule has 0 heterocycles. The fourth-order valence-electron chi connectivity index (χ4n) is 2.14. The van der Waals surface area contributed by atoms with Gasteiger partial charge in [-0.05, 0) is 43.5 Å². The predicted octanol–water partition coefficient (Wildman–Crippen LogP) is 2.74. The molecule has 0 bridgehead atoms.